The molecule has 0 bridgehead atoms. The Labute approximate surface area is 194 Å². The number of carbonyl (C=O) groups excluding carboxylic acids is 1. The van der Waals surface area contributed by atoms with Gasteiger partial charge < -0.3 is 10.2 Å². The van der Waals surface area contributed by atoms with Crippen LogP contribution in [0.15, 0.2) is 78.9 Å². The molecule has 2 amide bonds. The van der Waals surface area contributed by atoms with Crippen molar-refractivity contribution in [3.63, 3.8) is 0 Å². The zero-order valence-corrected chi connectivity index (χ0v) is 18.8. The van der Waals surface area contributed by atoms with Gasteiger partial charge >= 0.3 is 6.03 Å². The lowest BCUT2D eigenvalue weighted by atomic mass is 9.81. The van der Waals surface area contributed by atoms with Crippen LogP contribution in [0.3, 0.4) is 0 Å². The van der Waals surface area contributed by atoms with E-state index in [1.165, 1.54) is 5.56 Å². The molecule has 5 heteroatoms. The van der Waals surface area contributed by atoms with Gasteiger partial charge in [0.05, 0.1) is 10.7 Å². The van der Waals surface area contributed by atoms with E-state index >= 15 is 0 Å². The van der Waals surface area contributed by atoms with Crippen LogP contribution >= 0.6 is 23.2 Å². The van der Waals surface area contributed by atoms with Crippen LogP contribution in [0.25, 0.3) is 0 Å². The highest BCUT2D eigenvalue weighted by Gasteiger charge is 2.30. The molecule has 1 N–H and O–H groups in total. The highest BCUT2D eigenvalue weighted by Crippen LogP contribution is 2.35. The van der Waals surface area contributed by atoms with Crippen LogP contribution in [0.5, 0.6) is 0 Å². The predicted octanol–water partition coefficient (Wildman–Crippen LogP) is 7.75. The summed E-state index contributed by atoms with van der Waals surface area (Å²) in [5.41, 5.74) is 3.09. The Morgan fingerprint density at radius 3 is 2.16 bits per heavy atom. The van der Waals surface area contributed by atoms with Gasteiger partial charge in [-0.15, -0.1) is 0 Å². The van der Waals surface area contributed by atoms with Crippen molar-refractivity contribution in [3.05, 3.63) is 100 Å². The third-order valence-corrected chi connectivity index (χ3v) is 6.59. The van der Waals surface area contributed by atoms with Gasteiger partial charge in [0.2, 0.25) is 0 Å². The lowest BCUT2D eigenvalue weighted by molar-refractivity contribution is 0.158. The molecular weight excluding hydrogens is 427 g/mol. The molecule has 0 atom stereocenters. The molecule has 1 aliphatic carbocycles. The summed E-state index contributed by atoms with van der Waals surface area (Å²) in [6.45, 7) is 0.568. The zero-order valence-electron chi connectivity index (χ0n) is 17.3. The van der Waals surface area contributed by atoms with Gasteiger partial charge in [0.25, 0.3) is 0 Å². The molecule has 3 aromatic carbocycles. The van der Waals surface area contributed by atoms with E-state index in [-0.39, 0.29) is 12.1 Å². The van der Waals surface area contributed by atoms with Crippen LogP contribution in [0, 0.1) is 0 Å². The smallest absolute Gasteiger partial charge is 0.317 e. The van der Waals surface area contributed by atoms with Crippen LogP contribution in [-0.4, -0.2) is 17.0 Å². The van der Waals surface area contributed by atoms with Crippen molar-refractivity contribution in [1.29, 1.82) is 0 Å². The van der Waals surface area contributed by atoms with Crippen LogP contribution in [0.1, 0.15) is 42.7 Å². The molecule has 0 unspecified atom stereocenters. The van der Waals surface area contributed by atoms with Gasteiger partial charge in [-0.2, -0.15) is 0 Å². The van der Waals surface area contributed by atoms with E-state index in [2.05, 4.69) is 47.8 Å². The van der Waals surface area contributed by atoms with Gasteiger partial charge in [-0.1, -0.05) is 83.9 Å². The summed E-state index contributed by atoms with van der Waals surface area (Å²) < 4.78 is 0. The molecule has 31 heavy (non-hydrogen) atoms. The molecule has 0 spiro atoms. The zero-order chi connectivity index (χ0) is 21.6. The molecule has 3 nitrogen and oxygen atoms in total. The first-order chi connectivity index (χ1) is 15.1. The summed E-state index contributed by atoms with van der Waals surface area (Å²) in [4.78, 5) is 15.3. The molecule has 3 aromatic rings. The second kappa shape index (κ2) is 10.2. The molecule has 0 aromatic heterocycles. The third kappa shape index (κ3) is 5.61. The first kappa shape index (κ1) is 21.7. The molecule has 0 aliphatic heterocycles. The monoisotopic (exact) mass is 452 g/mol. The normalized spacial score (nSPS) is 18.4. The number of hydrogen-bond acceptors (Lipinski definition) is 1. The molecule has 0 saturated heterocycles. The average molecular weight is 453 g/mol. The van der Waals surface area contributed by atoms with Gasteiger partial charge in [-0.05, 0) is 60.9 Å². The molecule has 1 aliphatic rings. The summed E-state index contributed by atoms with van der Waals surface area (Å²) >= 11 is 12.3. The van der Waals surface area contributed by atoms with Crippen molar-refractivity contribution in [2.75, 3.05) is 5.32 Å². The number of nitrogens with one attached hydrogen (secondary N) is 1. The van der Waals surface area contributed by atoms with E-state index in [9.17, 15) is 4.79 Å². The second-order valence-corrected chi connectivity index (χ2v) is 8.93. The lowest BCUT2D eigenvalue weighted by Crippen LogP contribution is -2.44. The number of rotatable bonds is 5. The van der Waals surface area contributed by atoms with Crippen LogP contribution < -0.4 is 5.32 Å². The highest BCUT2D eigenvalue weighted by molar-refractivity contribution is 6.36. The van der Waals surface area contributed by atoms with E-state index in [1.807, 2.05) is 23.1 Å². The topological polar surface area (TPSA) is 32.3 Å². The van der Waals surface area contributed by atoms with Gasteiger partial charge in [0.15, 0.2) is 0 Å². The highest BCUT2D eigenvalue weighted by atomic mass is 35.5. The molecule has 1 saturated carbocycles. The van der Waals surface area contributed by atoms with E-state index in [0.29, 0.717) is 28.2 Å². The van der Waals surface area contributed by atoms with Crippen LogP contribution in [-0.2, 0) is 6.54 Å². The molecular formula is C26H26Cl2N2O. The Bertz CT molecular complexity index is 1000. The molecule has 0 radical (unpaired) electrons. The van der Waals surface area contributed by atoms with Crippen molar-refractivity contribution in [3.8, 4) is 0 Å². The summed E-state index contributed by atoms with van der Waals surface area (Å²) in [6.07, 6.45) is 4.12. The fourth-order valence-electron chi connectivity index (χ4n) is 4.37. The number of amides is 2. The van der Waals surface area contributed by atoms with Crippen LogP contribution in [0.4, 0.5) is 10.5 Å². The fourth-order valence-corrected chi connectivity index (χ4v) is 4.83. The average Bonchev–Trinajstić information content (AvgIpc) is 2.81. The third-order valence-electron chi connectivity index (χ3n) is 6.04. The Balaban J connectivity index is 1.49. The van der Waals surface area contributed by atoms with Crippen molar-refractivity contribution in [1.82, 2.24) is 4.90 Å². The minimum atomic E-state index is -0.128. The Morgan fingerprint density at radius 1 is 0.871 bits per heavy atom. The molecule has 0 heterocycles. The number of anilines is 1. The SMILES string of the molecule is O=C(Nc1ccc(Cl)cc1Cl)N(Cc1ccccc1)[C@H]1CC[C@H](c2ccccc2)CC1. The predicted molar refractivity (Wildman–Crippen MR) is 129 cm³/mol. The molecule has 4 rings (SSSR count). The molecule has 160 valence electrons. The minimum Gasteiger partial charge on any atom is -0.317 e. The quantitative estimate of drug-likeness (QED) is 0.421. The summed E-state index contributed by atoms with van der Waals surface area (Å²) in [5, 5.41) is 3.98. The second-order valence-electron chi connectivity index (χ2n) is 8.08. The number of carbonyl (C=O) groups is 1. The van der Waals surface area contributed by atoms with Crippen molar-refractivity contribution < 1.29 is 4.79 Å². The Hall–Kier alpha value is -2.49. The number of nitrogens with zero attached hydrogens (tertiary/aromatic N) is 1. The van der Waals surface area contributed by atoms with E-state index in [4.69, 9.17) is 23.2 Å². The minimum absolute atomic E-state index is 0.128. The van der Waals surface area contributed by atoms with Crippen LogP contribution in [0.2, 0.25) is 10.0 Å². The van der Waals surface area contributed by atoms with E-state index in [1.54, 1.807) is 18.2 Å². The van der Waals surface area contributed by atoms with Gasteiger partial charge in [0, 0.05) is 17.6 Å². The summed E-state index contributed by atoms with van der Waals surface area (Å²) in [5.74, 6) is 0.560. The number of hydrogen-bond donors (Lipinski definition) is 1. The molecule has 1 fully saturated rings. The van der Waals surface area contributed by atoms with Crippen molar-refractivity contribution >= 4 is 34.9 Å². The lowest BCUT2D eigenvalue weighted by Gasteiger charge is -2.37. The summed E-state index contributed by atoms with van der Waals surface area (Å²) in [7, 11) is 0. The van der Waals surface area contributed by atoms with Gasteiger partial charge in [-0.25, -0.2) is 4.79 Å². The van der Waals surface area contributed by atoms with Crippen molar-refractivity contribution in [2.45, 2.75) is 44.2 Å². The summed E-state index contributed by atoms with van der Waals surface area (Å²) in [6, 6.07) is 26.0. The van der Waals surface area contributed by atoms with E-state index in [0.717, 1.165) is 31.2 Å². The largest absolute Gasteiger partial charge is 0.322 e. The van der Waals surface area contributed by atoms with Gasteiger partial charge in [0.1, 0.15) is 0 Å². The van der Waals surface area contributed by atoms with Gasteiger partial charge in [-0.3, -0.25) is 0 Å². The fraction of sp³-hybridized carbons (Fsp3) is 0.269. The number of benzene rings is 3. The maximum absolute atomic E-state index is 13.3. The van der Waals surface area contributed by atoms with E-state index < -0.39 is 0 Å². The maximum atomic E-state index is 13.3. The standard InChI is InChI=1S/C26H26Cl2N2O/c27-22-13-16-25(24(28)17-22)29-26(31)30(18-19-7-3-1-4-8-19)23-14-11-21(12-15-23)20-9-5-2-6-10-20/h1-10,13,16-17,21,23H,11-12,14-15,18H2,(H,29,31)/t21-,23-. The first-order valence-corrected chi connectivity index (χ1v) is 11.5. The number of urea groups is 1. The maximum Gasteiger partial charge on any atom is 0.322 e. The first-order valence-electron chi connectivity index (χ1n) is 10.7. The number of halogens is 2. The Kier molecular flexibility index (Phi) is 7.16. The van der Waals surface area contributed by atoms with Crippen molar-refractivity contribution in [2.24, 2.45) is 0 Å². The Morgan fingerprint density at radius 2 is 1.52 bits per heavy atom.